The van der Waals surface area contributed by atoms with Gasteiger partial charge in [0, 0.05) is 4.47 Å². The number of nitriles is 1. The zero-order chi connectivity index (χ0) is 12.2. The van der Waals surface area contributed by atoms with Gasteiger partial charge in [-0.1, -0.05) is 15.9 Å². The molecule has 3 nitrogen and oxygen atoms in total. The van der Waals surface area contributed by atoms with Crippen LogP contribution in [0.2, 0.25) is 0 Å². The highest BCUT2D eigenvalue weighted by Gasteiger charge is 2.26. The van der Waals surface area contributed by atoms with Crippen LogP contribution >= 0.6 is 15.9 Å². The highest BCUT2D eigenvalue weighted by Crippen LogP contribution is 2.22. The molecule has 6 heteroatoms. The number of hydrogen-bond acceptors (Lipinski definition) is 3. The van der Waals surface area contributed by atoms with Gasteiger partial charge in [0.25, 0.3) is 5.92 Å². The van der Waals surface area contributed by atoms with Crippen LogP contribution in [-0.4, -0.2) is 19.0 Å². The fraction of sp³-hybridized carbons (Fsp3) is 0.300. The smallest absolute Gasteiger partial charge is 0.276 e. The second kappa shape index (κ2) is 5.23. The molecule has 0 aromatic heterocycles. The lowest BCUT2D eigenvalue weighted by molar-refractivity contribution is 0.0254. The van der Waals surface area contributed by atoms with Crippen LogP contribution in [0.3, 0.4) is 0 Å². The van der Waals surface area contributed by atoms with E-state index in [-0.39, 0.29) is 0 Å². The standard InChI is InChI=1S/C10H10BrF2N3/c11-8-2-1-7(4-14)9(3-8)16-6-10(12,13)5-15/h1-3,16H,5-6,15H2. The SMILES string of the molecule is N#Cc1ccc(Br)cc1NCC(F)(F)CN. The third-order valence-electron chi connectivity index (χ3n) is 1.94. The summed E-state index contributed by atoms with van der Waals surface area (Å²) in [5.74, 6) is -2.98. The van der Waals surface area contributed by atoms with Crippen LogP contribution < -0.4 is 11.1 Å². The molecule has 0 unspecified atom stereocenters. The molecule has 0 bridgehead atoms. The molecule has 1 rings (SSSR count). The summed E-state index contributed by atoms with van der Waals surface area (Å²) in [6.45, 7) is -1.31. The molecule has 0 fully saturated rings. The van der Waals surface area contributed by atoms with Crippen molar-refractivity contribution < 1.29 is 8.78 Å². The number of benzene rings is 1. The third-order valence-corrected chi connectivity index (χ3v) is 2.43. The highest BCUT2D eigenvalue weighted by molar-refractivity contribution is 9.10. The normalized spacial score (nSPS) is 10.9. The van der Waals surface area contributed by atoms with Crippen molar-refractivity contribution in [2.45, 2.75) is 5.92 Å². The van der Waals surface area contributed by atoms with Gasteiger partial charge in [-0.15, -0.1) is 0 Å². The zero-order valence-electron chi connectivity index (χ0n) is 8.30. The minimum atomic E-state index is -2.98. The van der Waals surface area contributed by atoms with Gasteiger partial charge in [0.1, 0.15) is 6.07 Å². The highest BCUT2D eigenvalue weighted by atomic mass is 79.9. The van der Waals surface area contributed by atoms with E-state index in [4.69, 9.17) is 11.0 Å². The molecule has 16 heavy (non-hydrogen) atoms. The Bertz CT molecular complexity index is 415. The van der Waals surface area contributed by atoms with Crippen molar-refractivity contribution in [1.82, 2.24) is 0 Å². The molecule has 1 aromatic rings. The van der Waals surface area contributed by atoms with E-state index in [9.17, 15) is 8.78 Å². The molecule has 0 spiro atoms. The molecular weight excluding hydrogens is 280 g/mol. The number of nitrogens with two attached hydrogens (primary N) is 1. The number of nitrogens with one attached hydrogen (secondary N) is 1. The Hall–Kier alpha value is -1.19. The van der Waals surface area contributed by atoms with Crippen LogP contribution in [0, 0.1) is 11.3 Å². The lowest BCUT2D eigenvalue weighted by Crippen LogP contribution is -2.35. The Labute approximate surface area is 100 Å². The minimum Gasteiger partial charge on any atom is -0.378 e. The van der Waals surface area contributed by atoms with Crippen LogP contribution in [0.25, 0.3) is 0 Å². The van der Waals surface area contributed by atoms with E-state index in [1.807, 2.05) is 6.07 Å². The maximum absolute atomic E-state index is 12.9. The molecular formula is C10H10BrF2N3. The Morgan fingerprint density at radius 3 is 2.75 bits per heavy atom. The molecule has 86 valence electrons. The van der Waals surface area contributed by atoms with Crippen LogP contribution in [0.5, 0.6) is 0 Å². The van der Waals surface area contributed by atoms with Gasteiger partial charge in [-0.05, 0) is 18.2 Å². The molecule has 3 N–H and O–H groups in total. The molecule has 0 saturated carbocycles. The van der Waals surface area contributed by atoms with Gasteiger partial charge >= 0.3 is 0 Å². The average Bonchev–Trinajstić information content (AvgIpc) is 2.27. The maximum atomic E-state index is 12.9. The summed E-state index contributed by atoms with van der Waals surface area (Å²) >= 11 is 3.20. The van der Waals surface area contributed by atoms with Crippen molar-refractivity contribution in [1.29, 1.82) is 5.26 Å². The first kappa shape index (κ1) is 12.9. The van der Waals surface area contributed by atoms with Crippen LogP contribution in [0.1, 0.15) is 5.56 Å². The number of anilines is 1. The third kappa shape index (κ3) is 3.43. The summed E-state index contributed by atoms with van der Waals surface area (Å²) in [6, 6.07) is 6.71. The fourth-order valence-electron chi connectivity index (χ4n) is 1.06. The van der Waals surface area contributed by atoms with Gasteiger partial charge in [0.05, 0.1) is 24.3 Å². The van der Waals surface area contributed by atoms with Crippen molar-refractivity contribution in [3.63, 3.8) is 0 Å². The van der Waals surface area contributed by atoms with Crippen LogP contribution in [0.4, 0.5) is 14.5 Å². The Kier molecular flexibility index (Phi) is 4.21. The molecule has 0 aliphatic rings. The molecule has 0 radical (unpaired) electrons. The summed E-state index contributed by atoms with van der Waals surface area (Å²) in [4.78, 5) is 0. The summed E-state index contributed by atoms with van der Waals surface area (Å²) < 4.78 is 26.5. The Morgan fingerprint density at radius 2 is 2.19 bits per heavy atom. The van der Waals surface area contributed by atoms with E-state index in [1.54, 1.807) is 18.2 Å². The Balaban J connectivity index is 2.81. The van der Waals surface area contributed by atoms with Gasteiger partial charge < -0.3 is 11.1 Å². The van der Waals surface area contributed by atoms with Crippen molar-refractivity contribution in [2.75, 3.05) is 18.4 Å². The predicted octanol–water partition coefficient (Wildman–Crippen LogP) is 2.33. The van der Waals surface area contributed by atoms with E-state index in [0.717, 1.165) is 0 Å². The summed E-state index contributed by atoms with van der Waals surface area (Å²) in [5, 5.41) is 11.3. The monoisotopic (exact) mass is 289 g/mol. The number of hydrogen-bond donors (Lipinski definition) is 2. The molecule has 0 atom stereocenters. The van der Waals surface area contributed by atoms with Crippen molar-refractivity contribution in [3.05, 3.63) is 28.2 Å². The largest absolute Gasteiger partial charge is 0.378 e. The van der Waals surface area contributed by atoms with Crippen LogP contribution in [-0.2, 0) is 0 Å². The number of rotatable bonds is 4. The van der Waals surface area contributed by atoms with E-state index in [1.165, 1.54) is 0 Å². The second-order valence-corrected chi connectivity index (χ2v) is 4.13. The second-order valence-electron chi connectivity index (χ2n) is 3.22. The molecule has 0 saturated heterocycles. The van der Waals surface area contributed by atoms with Gasteiger partial charge in [-0.25, -0.2) is 8.78 Å². The molecule has 0 aliphatic heterocycles. The van der Waals surface area contributed by atoms with Crippen molar-refractivity contribution in [3.8, 4) is 6.07 Å². The molecule has 0 aliphatic carbocycles. The summed E-state index contributed by atoms with van der Waals surface area (Å²) in [6.07, 6.45) is 0. The topological polar surface area (TPSA) is 61.8 Å². The van der Waals surface area contributed by atoms with E-state index >= 15 is 0 Å². The lowest BCUT2D eigenvalue weighted by Gasteiger charge is -2.16. The number of nitrogens with zero attached hydrogens (tertiary/aromatic N) is 1. The van der Waals surface area contributed by atoms with Gasteiger partial charge in [-0.3, -0.25) is 0 Å². The number of halogens is 3. The first-order valence-corrected chi connectivity index (χ1v) is 5.29. The van der Waals surface area contributed by atoms with Crippen molar-refractivity contribution in [2.24, 2.45) is 5.73 Å². The van der Waals surface area contributed by atoms with Crippen LogP contribution in [0.15, 0.2) is 22.7 Å². The average molecular weight is 290 g/mol. The summed E-state index contributed by atoms with van der Waals surface area (Å²) in [7, 11) is 0. The Morgan fingerprint density at radius 1 is 1.50 bits per heavy atom. The van der Waals surface area contributed by atoms with Gasteiger partial charge in [0.15, 0.2) is 0 Å². The summed E-state index contributed by atoms with van der Waals surface area (Å²) in [5.41, 5.74) is 5.59. The number of alkyl halides is 2. The fourth-order valence-corrected chi connectivity index (χ4v) is 1.42. The first-order valence-electron chi connectivity index (χ1n) is 4.50. The van der Waals surface area contributed by atoms with E-state index < -0.39 is 19.0 Å². The lowest BCUT2D eigenvalue weighted by atomic mass is 10.2. The van der Waals surface area contributed by atoms with Crippen molar-refractivity contribution >= 4 is 21.6 Å². The minimum absolute atomic E-state index is 0.316. The quantitative estimate of drug-likeness (QED) is 0.894. The first-order chi connectivity index (χ1) is 7.48. The predicted molar refractivity (Wildman–Crippen MR) is 61.3 cm³/mol. The molecule has 0 heterocycles. The van der Waals surface area contributed by atoms with Gasteiger partial charge in [0.2, 0.25) is 0 Å². The molecule has 1 aromatic carbocycles. The van der Waals surface area contributed by atoms with E-state index in [2.05, 4.69) is 21.2 Å². The maximum Gasteiger partial charge on any atom is 0.276 e. The van der Waals surface area contributed by atoms with E-state index in [0.29, 0.717) is 15.7 Å². The molecule has 0 amide bonds. The zero-order valence-corrected chi connectivity index (χ0v) is 9.89. The van der Waals surface area contributed by atoms with Gasteiger partial charge in [-0.2, -0.15) is 5.26 Å².